The first kappa shape index (κ1) is 14.1. The summed E-state index contributed by atoms with van der Waals surface area (Å²) in [5, 5.41) is 0. The number of nitrogens with zero attached hydrogens (tertiary/aromatic N) is 1. The van der Waals surface area contributed by atoms with Gasteiger partial charge in [-0.1, -0.05) is 20.8 Å². The van der Waals surface area contributed by atoms with Crippen LogP contribution in [-0.4, -0.2) is 23.9 Å². The standard InChI is InChI=1S/C15H25NO/c1-4-5-6-7-8-14-9-11-16(12-10-14)15(17)13(2)3/h13-14H,4,7-12H2,1-3H3. The maximum Gasteiger partial charge on any atom is 0.225 e. The van der Waals surface area contributed by atoms with Crippen molar-refractivity contribution in [1.82, 2.24) is 4.90 Å². The molecule has 0 spiro atoms. The highest BCUT2D eigenvalue weighted by atomic mass is 16.2. The quantitative estimate of drug-likeness (QED) is 0.688. The number of rotatable bonds is 3. The van der Waals surface area contributed by atoms with Gasteiger partial charge < -0.3 is 4.90 Å². The van der Waals surface area contributed by atoms with Crippen LogP contribution in [-0.2, 0) is 4.79 Å². The molecule has 0 aliphatic carbocycles. The van der Waals surface area contributed by atoms with Crippen LogP contribution in [0.3, 0.4) is 0 Å². The van der Waals surface area contributed by atoms with Crippen molar-refractivity contribution in [2.45, 2.75) is 52.9 Å². The monoisotopic (exact) mass is 235 g/mol. The number of hydrogen-bond donors (Lipinski definition) is 0. The molecule has 0 aromatic rings. The van der Waals surface area contributed by atoms with Crippen LogP contribution in [0.4, 0.5) is 0 Å². The molecular formula is C15H25NO. The molecule has 1 amide bonds. The molecule has 1 aliphatic heterocycles. The van der Waals surface area contributed by atoms with Crippen LogP contribution in [0, 0.1) is 23.7 Å². The topological polar surface area (TPSA) is 20.3 Å². The van der Waals surface area contributed by atoms with Crippen LogP contribution in [0.25, 0.3) is 0 Å². The van der Waals surface area contributed by atoms with Gasteiger partial charge in [-0.2, -0.15) is 0 Å². The van der Waals surface area contributed by atoms with E-state index in [9.17, 15) is 4.79 Å². The molecule has 1 aliphatic rings. The van der Waals surface area contributed by atoms with E-state index in [1.54, 1.807) is 0 Å². The zero-order chi connectivity index (χ0) is 12.7. The highest BCUT2D eigenvalue weighted by Gasteiger charge is 2.23. The van der Waals surface area contributed by atoms with E-state index in [1.807, 2.05) is 18.7 Å². The van der Waals surface area contributed by atoms with Gasteiger partial charge in [-0.15, -0.1) is 11.8 Å². The lowest BCUT2D eigenvalue weighted by Gasteiger charge is -2.32. The van der Waals surface area contributed by atoms with Crippen molar-refractivity contribution >= 4 is 5.91 Å². The average Bonchev–Trinajstić information content (AvgIpc) is 2.34. The smallest absolute Gasteiger partial charge is 0.225 e. The molecule has 2 nitrogen and oxygen atoms in total. The van der Waals surface area contributed by atoms with Crippen LogP contribution in [0.5, 0.6) is 0 Å². The average molecular weight is 235 g/mol. The van der Waals surface area contributed by atoms with E-state index in [0.29, 0.717) is 5.91 Å². The van der Waals surface area contributed by atoms with Gasteiger partial charge in [0.1, 0.15) is 0 Å². The van der Waals surface area contributed by atoms with Crippen molar-refractivity contribution in [2.75, 3.05) is 13.1 Å². The second-order valence-corrected chi connectivity index (χ2v) is 5.17. The molecule has 0 aromatic heterocycles. The third-order valence-electron chi connectivity index (χ3n) is 3.40. The van der Waals surface area contributed by atoms with Crippen molar-refractivity contribution in [3.05, 3.63) is 0 Å². The summed E-state index contributed by atoms with van der Waals surface area (Å²) in [7, 11) is 0. The Hall–Kier alpha value is -0.970. The third-order valence-corrected chi connectivity index (χ3v) is 3.40. The molecule has 17 heavy (non-hydrogen) atoms. The maximum atomic E-state index is 11.8. The Bertz CT molecular complexity index is 290. The molecule has 2 heteroatoms. The Balaban J connectivity index is 2.24. The van der Waals surface area contributed by atoms with E-state index in [1.165, 1.54) is 6.42 Å². The van der Waals surface area contributed by atoms with E-state index in [4.69, 9.17) is 0 Å². The summed E-state index contributed by atoms with van der Waals surface area (Å²) in [5.74, 6) is 7.55. The normalized spacial score (nSPS) is 16.8. The Kier molecular flexibility index (Phi) is 6.11. The summed E-state index contributed by atoms with van der Waals surface area (Å²) in [5.41, 5.74) is 0. The SMILES string of the molecule is CCC#CCCC1CCN(C(=O)C(C)C)CC1. The molecule has 0 aromatic carbocycles. The number of hydrogen-bond acceptors (Lipinski definition) is 1. The predicted molar refractivity (Wildman–Crippen MR) is 71.4 cm³/mol. The van der Waals surface area contributed by atoms with Gasteiger partial charge in [0.05, 0.1) is 0 Å². The molecule has 1 fully saturated rings. The fraction of sp³-hybridized carbons (Fsp3) is 0.800. The second kappa shape index (κ2) is 7.37. The Labute approximate surface area is 106 Å². The lowest BCUT2D eigenvalue weighted by molar-refractivity contribution is -0.135. The number of piperidine rings is 1. The van der Waals surface area contributed by atoms with Crippen LogP contribution in [0.2, 0.25) is 0 Å². The van der Waals surface area contributed by atoms with Gasteiger partial charge in [-0.25, -0.2) is 0 Å². The third kappa shape index (κ3) is 4.81. The van der Waals surface area contributed by atoms with Gasteiger partial charge >= 0.3 is 0 Å². The van der Waals surface area contributed by atoms with Crippen LogP contribution >= 0.6 is 0 Å². The van der Waals surface area contributed by atoms with E-state index in [2.05, 4.69) is 18.8 Å². The zero-order valence-corrected chi connectivity index (χ0v) is 11.5. The Morgan fingerprint density at radius 1 is 1.29 bits per heavy atom. The lowest BCUT2D eigenvalue weighted by Crippen LogP contribution is -2.40. The predicted octanol–water partition coefficient (Wildman–Crippen LogP) is 3.07. The highest BCUT2D eigenvalue weighted by Crippen LogP contribution is 2.22. The minimum absolute atomic E-state index is 0.141. The summed E-state index contributed by atoms with van der Waals surface area (Å²) in [6, 6.07) is 0. The van der Waals surface area contributed by atoms with Gasteiger partial charge in [0.15, 0.2) is 0 Å². The zero-order valence-electron chi connectivity index (χ0n) is 11.5. The van der Waals surface area contributed by atoms with E-state index in [-0.39, 0.29) is 5.92 Å². The summed E-state index contributed by atoms with van der Waals surface area (Å²) in [6.45, 7) is 7.94. The van der Waals surface area contributed by atoms with Crippen LogP contribution in [0.1, 0.15) is 52.9 Å². The van der Waals surface area contributed by atoms with Gasteiger partial charge in [0.25, 0.3) is 0 Å². The fourth-order valence-electron chi connectivity index (χ4n) is 2.30. The number of carbonyl (C=O) groups excluding carboxylic acids is 1. The van der Waals surface area contributed by atoms with Gasteiger partial charge in [-0.3, -0.25) is 4.79 Å². The molecule has 0 saturated carbocycles. The number of carbonyl (C=O) groups is 1. The first-order valence-electron chi connectivity index (χ1n) is 6.89. The molecule has 96 valence electrons. The second-order valence-electron chi connectivity index (χ2n) is 5.17. The number of likely N-dealkylation sites (tertiary alicyclic amines) is 1. The van der Waals surface area contributed by atoms with Gasteiger partial charge in [-0.05, 0) is 25.2 Å². The Morgan fingerprint density at radius 3 is 2.47 bits per heavy atom. The summed E-state index contributed by atoms with van der Waals surface area (Å²) in [4.78, 5) is 13.8. The molecule has 1 heterocycles. The molecule has 1 saturated heterocycles. The fourth-order valence-corrected chi connectivity index (χ4v) is 2.30. The Morgan fingerprint density at radius 2 is 1.94 bits per heavy atom. The van der Waals surface area contributed by atoms with Crippen molar-refractivity contribution in [1.29, 1.82) is 0 Å². The van der Waals surface area contributed by atoms with Gasteiger partial charge in [0.2, 0.25) is 5.91 Å². The van der Waals surface area contributed by atoms with E-state index < -0.39 is 0 Å². The molecule has 0 radical (unpaired) electrons. The minimum Gasteiger partial charge on any atom is -0.342 e. The molecular weight excluding hydrogens is 210 g/mol. The van der Waals surface area contributed by atoms with E-state index >= 15 is 0 Å². The van der Waals surface area contributed by atoms with Gasteiger partial charge in [0, 0.05) is 31.8 Å². The molecule has 0 bridgehead atoms. The lowest BCUT2D eigenvalue weighted by atomic mass is 9.92. The van der Waals surface area contributed by atoms with E-state index in [0.717, 1.165) is 44.7 Å². The molecule has 0 atom stereocenters. The van der Waals surface area contributed by atoms with Crippen LogP contribution in [0.15, 0.2) is 0 Å². The largest absolute Gasteiger partial charge is 0.342 e. The van der Waals surface area contributed by atoms with Crippen molar-refractivity contribution in [3.63, 3.8) is 0 Å². The first-order valence-corrected chi connectivity index (χ1v) is 6.89. The molecule has 0 N–H and O–H groups in total. The van der Waals surface area contributed by atoms with Crippen molar-refractivity contribution in [2.24, 2.45) is 11.8 Å². The highest BCUT2D eigenvalue weighted by molar-refractivity contribution is 5.78. The minimum atomic E-state index is 0.141. The summed E-state index contributed by atoms with van der Waals surface area (Å²) < 4.78 is 0. The van der Waals surface area contributed by atoms with Crippen LogP contribution < -0.4 is 0 Å². The summed E-state index contributed by atoms with van der Waals surface area (Å²) in [6.07, 6.45) is 5.51. The molecule has 0 unspecified atom stereocenters. The first-order chi connectivity index (χ1) is 8.15. The number of amides is 1. The van der Waals surface area contributed by atoms with Crippen molar-refractivity contribution in [3.8, 4) is 11.8 Å². The summed E-state index contributed by atoms with van der Waals surface area (Å²) >= 11 is 0. The van der Waals surface area contributed by atoms with Crippen molar-refractivity contribution < 1.29 is 4.79 Å². The maximum absolute atomic E-state index is 11.8. The molecule has 1 rings (SSSR count).